The lowest BCUT2D eigenvalue weighted by molar-refractivity contribution is -0.117. The zero-order valence-electron chi connectivity index (χ0n) is 21.6. The summed E-state index contributed by atoms with van der Waals surface area (Å²) in [5.41, 5.74) is 3.26. The Morgan fingerprint density at radius 1 is 1.08 bits per heavy atom. The lowest BCUT2D eigenvalue weighted by Gasteiger charge is -2.24. The minimum atomic E-state index is -0.879. The van der Waals surface area contributed by atoms with E-state index in [4.69, 9.17) is 0 Å². The van der Waals surface area contributed by atoms with E-state index in [1.165, 1.54) is 51.5 Å². The van der Waals surface area contributed by atoms with Crippen molar-refractivity contribution in [1.82, 2.24) is 15.2 Å². The number of benzene rings is 2. The highest BCUT2D eigenvalue weighted by Gasteiger charge is 2.46. The molecule has 0 spiro atoms. The van der Waals surface area contributed by atoms with Gasteiger partial charge < -0.3 is 5.11 Å². The lowest BCUT2D eigenvalue weighted by atomic mass is 9.93. The molecule has 5 rings (SSSR count). The number of carbonyl (C=O) groups excluding carboxylic acids is 2. The molecule has 0 saturated carbocycles. The summed E-state index contributed by atoms with van der Waals surface area (Å²) in [6.45, 7) is 7.72. The van der Waals surface area contributed by atoms with Crippen molar-refractivity contribution < 1.29 is 19.1 Å². The zero-order chi connectivity index (χ0) is 27.8. The maximum absolute atomic E-state index is 13.8. The zero-order valence-corrected chi connectivity index (χ0v) is 24.1. The van der Waals surface area contributed by atoms with E-state index in [9.17, 15) is 19.1 Å². The van der Waals surface area contributed by atoms with Gasteiger partial charge in [-0.05, 0) is 48.6 Å². The molecule has 0 saturated heterocycles. The monoisotopic (exact) mass is 580 g/mol. The molecule has 200 valence electrons. The summed E-state index contributed by atoms with van der Waals surface area (Å²) in [6, 6.07) is 13.0. The summed E-state index contributed by atoms with van der Waals surface area (Å²) in [5.74, 6) is -1.19. The second kappa shape index (κ2) is 11.0. The average molecular weight is 581 g/mol. The Morgan fingerprint density at radius 2 is 1.77 bits per heavy atom. The van der Waals surface area contributed by atoms with E-state index in [0.29, 0.717) is 32.1 Å². The summed E-state index contributed by atoms with van der Waals surface area (Å²) in [4.78, 5) is 33.3. The Balaban J connectivity index is 1.51. The van der Waals surface area contributed by atoms with Crippen LogP contribution in [0.5, 0.6) is 0 Å². The lowest BCUT2D eigenvalue weighted by Crippen LogP contribution is -2.31. The van der Waals surface area contributed by atoms with Crippen LogP contribution in [0.1, 0.15) is 62.9 Å². The summed E-state index contributed by atoms with van der Waals surface area (Å²) in [6.07, 6.45) is 0. The van der Waals surface area contributed by atoms with Gasteiger partial charge in [0.15, 0.2) is 10.1 Å². The highest BCUT2D eigenvalue weighted by atomic mass is 32.2. The molecule has 1 aliphatic heterocycles. The highest BCUT2D eigenvalue weighted by Crippen LogP contribution is 2.44. The fraction of sp³-hybridized carbons (Fsp3) is 0.250. The van der Waals surface area contributed by atoms with Gasteiger partial charge in [0.25, 0.3) is 5.91 Å². The number of aliphatic hydroxyl groups excluding tert-OH is 1. The molecule has 0 fully saturated rings. The number of Topliss-reactive ketones (excluding diaryl/α,β-unsaturated/α-hetero) is 1. The molecule has 39 heavy (non-hydrogen) atoms. The summed E-state index contributed by atoms with van der Waals surface area (Å²) >= 11 is 3.84. The molecule has 0 aliphatic carbocycles. The maximum Gasteiger partial charge on any atom is 0.296 e. The molecule has 0 radical (unpaired) electrons. The minimum Gasteiger partial charge on any atom is -0.503 e. The van der Waals surface area contributed by atoms with Gasteiger partial charge in [-0.2, -0.15) is 0 Å². The molecule has 11 heteroatoms. The number of hydrogen-bond donors (Lipinski definition) is 1. The maximum atomic E-state index is 13.8. The van der Waals surface area contributed by atoms with E-state index in [1.807, 2.05) is 31.2 Å². The van der Waals surface area contributed by atoms with E-state index < -0.39 is 23.5 Å². The third kappa shape index (κ3) is 5.39. The summed E-state index contributed by atoms with van der Waals surface area (Å²) < 4.78 is 13.8. The number of rotatable bonds is 8. The molecule has 7 nitrogen and oxygen atoms in total. The van der Waals surface area contributed by atoms with Gasteiger partial charge in [0, 0.05) is 5.75 Å². The number of anilines is 1. The number of aromatic nitrogens is 3. The van der Waals surface area contributed by atoms with Crippen LogP contribution in [-0.2, 0) is 10.5 Å². The second-order valence-corrected chi connectivity index (χ2v) is 12.8. The fourth-order valence-corrected chi connectivity index (χ4v) is 7.06. The normalized spacial score (nSPS) is 15.6. The Morgan fingerprint density at radius 3 is 2.38 bits per heavy atom. The number of amides is 1. The van der Waals surface area contributed by atoms with Crippen LogP contribution in [0.4, 0.5) is 9.52 Å². The first kappa shape index (κ1) is 27.2. The van der Waals surface area contributed by atoms with E-state index in [2.05, 4.69) is 29.0 Å². The first-order valence-electron chi connectivity index (χ1n) is 12.2. The molecule has 1 unspecified atom stereocenters. The van der Waals surface area contributed by atoms with Crippen molar-refractivity contribution in [2.24, 2.45) is 0 Å². The van der Waals surface area contributed by atoms with Crippen LogP contribution < -0.4 is 4.90 Å². The summed E-state index contributed by atoms with van der Waals surface area (Å²) in [5, 5.41) is 20.5. The number of carbonyl (C=O) groups is 2. The molecular formula is C28H25FN4O3S3. The topological polar surface area (TPSA) is 96.3 Å². The number of hydrogen-bond acceptors (Lipinski definition) is 9. The third-order valence-electron chi connectivity index (χ3n) is 6.36. The quantitative estimate of drug-likeness (QED) is 0.137. The Hall–Kier alpha value is -3.41. The van der Waals surface area contributed by atoms with Crippen molar-refractivity contribution in [2.45, 2.75) is 49.7 Å². The number of thiazole rings is 1. The molecule has 3 heterocycles. The number of nitrogens with zero attached hydrogens (tertiary/aromatic N) is 4. The van der Waals surface area contributed by atoms with Gasteiger partial charge >= 0.3 is 0 Å². The second-order valence-electron chi connectivity index (χ2n) is 9.40. The number of ketones is 1. The molecular weight excluding hydrogens is 556 g/mol. The first-order chi connectivity index (χ1) is 18.6. The van der Waals surface area contributed by atoms with Crippen molar-refractivity contribution in [3.05, 3.63) is 97.9 Å². The van der Waals surface area contributed by atoms with E-state index in [0.717, 1.165) is 16.1 Å². The molecule has 1 amide bonds. The Kier molecular flexibility index (Phi) is 7.66. The van der Waals surface area contributed by atoms with E-state index in [1.54, 1.807) is 19.1 Å². The SMILES string of the molecule is Cc1nc(C)c(C(=O)C2=C(O)C(=O)N(c3nnc(SCc4ccc(F)cc4)s3)C2c2ccc(C(C)C)cc2)s1. The minimum absolute atomic E-state index is 0.000220. The summed E-state index contributed by atoms with van der Waals surface area (Å²) in [7, 11) is 0. The van der Waals surface area contributed by atoms with Crippen molar-refractivity contribution in [3.63, 3.8) is 0 Å². The van der Waals surface area contributed by atoms with Crippen LogP contribution in [0.25, 0.3) is 0 Å². The van der Waals surface area contributed by atoms with Gasteiger partial charge in [-0.15, -0.1) is 21.5 Å². The van der Waals surface area contributed by atoms with Crippen LogP contribution in [0.2, 0.25) is 0 Å². The molecule has 1 N–H and O–H groups in total. The van der Waals surface area contributed by atoms with Crippen LogP contribution in [0.3, 0.4) is 0 Å². The van der Waals surface area contributed by atoms with Crippen LogP contribution in [-0.4, -0.2) is 32.0 Å². The smallest absolute Gasteiger partial charge is 0.296 e. The molecule has 1 aliphatic rings. The van der Waals surface area contributed by atoms with Gasteiger partial charge in [0.1, 0.15) is 5.82 Å². The molecule has 2 aromatic carbocycles. The third-order valence-corrected chi connectivity index (χ3v) is 9.56. The number of thioether (sulfide) groups is 1. The molecule has 2 aromatic heterocycles. The number of aliphatic hydroxyl groups is 1. The van der Waals surface area contributed by atoms with Gasteiger partial charge in [-0.1, -0.05) is 73.3 Å². The van der Waals surface area contributed by atoms with Crippen LogP contribution in [0, 0.1) is 19.7 Å². The molecule has 1 atom stereocenters. The number of halogens is 1. The predicted octanol–water partition coefficient (Wildman–Crippen LogP) is 6.95. The van der Waals surface area contributed by atoms with Crippen molar-refractivity contribution in [2.75, 3.05) is 4.90 Å². The van der Waals surface area contributed by atoms with E-state index in [-0.39, 0.29) is 16.5 Å². The first-order valence-corrected chi connectivity index (χ1v) is 14.8. The molecule has 0 bridgehead atoms. The number of aryl methyl sites for hydroxylation is 2. The van der Waals surface area contributed by atoms with Gasteiger partial charge in [0.2, 0.25) is 10.9 Å². The molecule has 4 aromatic rings. The van der Waals surface area contributed by atoms with Crippen molar-refractivity contribution >= 4 is 51.3 Å². The Bertz CT molecular complexity index is 1580. The predicted molar refractivity (Wildman–Crippen MR) is 152 cm³/mol. The fourth-order valence-electron chi connectivity index (χ4n) is 4.36. The van der Waals surface area contributed by atoms with Crippen LogP contribution >= 0.6 is 34.4 Å². The average Bonchev–Trinajstić information content (AvgIpc) is 3.59. The van der Waals surface area contributed by atoms with Crippen molar-refractivity contribution in [3.8, 4) is 0 Å². The van der Waals surface area contributed by atoms with Crippen molar-refractivity contribution in [1.29, 1.82) is 0 Å². The van der Waals surface area contributed by atoms with Gasteiger partial charge in [-0.3, -0.25) is 14.5 Å². The standard InChI is InChI=1S/C28H25FN4O3S3/c1-14(2)18-7-9-19(10-8-18)22-21(23(34)25-15(3)30-16(4)38-25)24(35)26(36)33(22)27-31-32-28(39-27)37-13-17-5-11-20(29)12-6-17/h5-12,14,22,35H,13H2,1-4H3. The highest BCUT2D eigenvalue weighted by molar-refractivity contribution is 8.00. The Labute approximate surface area is 237 Å². The van der Waals surface area contributed by atoms with E-state index >= 15 is 0 Å². The largest absolute Gasteiger partial charge is 0.503 e. The van der Waals surface area contributed by atoms with Crippen LogP contribution in [0.15, 0.2) is 64.2 Å². The van der Waals surface area contributed by atoms with Gasteiger partial charge in [0.05, 0.1) is 27.2 Å². The van der Waals surface area contributed by atoms with Gasteiger partial charge in [-0.25, -0.2) is 9.37 Å².